The molecule has 0 aliphatic carbocycles. The Kier molecular flexibility index (Phi) is 4.82. The number of hydrogen-bond donors (Lipinski definition) is 1. The predicted molar refractivity (Wildman–Crippen MR) is 60.1 cm³/mol. The van der Waals surface area contributed by atoms with Crippen molar-refractivity contribution < 1.29 is 0 Å². The van der Waals surface area contributed by atoms with Gasteiger partial charge in [-0.15, -0.1) is 0 Å². The van der Waals surface area contributed by atoms with E-state index in [1.54, 1.807) is 0 Å². The molecule has 4 heteroatoms. The Morgan fingerprint density at radius 3 is 2.67 bits per heavy atom. The third-order valence-electron chi connectivity index (χ3n) is 1.83. The zero-order valence-corrected chi connectivity index (χ0v) is 8.35. The minimum absolute atomic E-state index is 0.209. The summed E-state index contributed by atoms with van der Waals surface area (Å²) >= 11 is 0. The summed E-state index contributed by atoms with van der Waals surface area (Å²) in [4.78, 5) is 2.61. The maximum atomic E-state index is 8.04. The highest BCUT2D eigenvalue weighted by Gasteiger charge is 1.90. The number of benzene rings is 1. The van der Waals surface area contributed by atoms with Crippen molar-refractivity contribution in [2.45, 2.75) is 6.42 Å². The molecule has 76 valence electrons. The van der Waals surface area contributed by atoms with Crippen molar-refractivity contribution in [2.24, 2.45) is 10.8 Å². The van der Waals surface area contributed by atoms with E-state index in [9.17, 15) is 0 Å². The molecule has 1 aromatic carbocycles. The van der Waals surface area contributed by atoms with Crippen LogP contribution in [0.5, 0.6) is 0 Å². The van der Waals surface area contributed by atoms with Crippen LogP contribution in [-0.4, -0.2) is 13.1 Å². The summed E-state index contributed by atoms with van der Waals surface area (Å²) in [5.41, 5.74) is 15.6. The van der Waals surface area contributed by atoms with Crippen LogP contribution >= 0.6 is 0 Å². The summed E-state index contributed by atoms with van der Waals surface area (Å²) < 4.78 is 0. The second-order valence-electron chi connectivity index (χ2n) is 2.93. The molecule has 0 bridgehead atoms. The van der Waals surface area contributed by atoms with Gasteiger partial charge in [-0.1, -0.05) is 29.1 Å². The monoisotopic (exact) mass is 200 g/mol. The first-order chi connectivity index (χ1) is 7.36. The molecule has 1 rings (SSSR count). The Labute approximate surface area is 88.7 Å². The van der Waals surface area contributed by atoms with E-state index in [-0.39, 0.29) is 6.54 Å². The van der Waals surface area contributed by atoms with E-state index in [2.05, 4.69) is 21.9 Å². The Bertz CT molecular complexity index is 404. The largest absolute Gasteiger partial charge is 0.330 e. The fourth-order valence-corrected chi connectivity index (χ4v) is 1.13. The van der Waals surface area contributed by atoms with Gasteiger partial charge in [-0.2, -0.15) is 0 Å². The molecule has 0 unspecified atom stereocenters. The van der Waals surface area contributed by atoms with Gasteiger partial charge in [-0.25, -0.2) is 0 Å². The summed E-state index contributed by atoms with van der Waals surface area (Å²) in [6.45, 7) is 0.864. The van der Waals surface area contributed by atoms with Crippen molar-refractivity contribution in [3.05, 3.63) is 45.8 Å². The molecule has 15 heavy (non-hydrogen) atoms. The lowest BCUT2D eigenvalue weighted by Crippen LogP contribution is -2.02. The molecule has 0 atom stereocenters. The zero-order valence-electron chi connectivity index (χ0n) is 8.35. The number of nitrogens with two attached hydrogens (primary N) is 1. The average Bonchev–Trinajstić information content (AvgIpc) is 2.27. The van der Waals surface area contributed by atoms with E-state index in [1.807, 2.05) is 24.3 Å². The van der Waals surface area contributed by atoms with Crippen LogP contribution in [0, 0.1) is 11.8 Å². The minimum Gasteiger partial charge on any atom is -0.330 e. The predicted octanol–water partition coefficient (Wildman–Crippen LogP) is 1.85. The molecule has 0 heterocycles. The molecule has 0 fully saturated rings. The van der Waals surface area contributed by atoms with E-state index in [0.717, 1.165) is 12.0 Å². The molecule has 0 saturated heterocycles. The number of nitrogens with zero attached hydrogens (tertiary/aromatic N) is 3. The van der Waals surface area contributed by atoms with Gasteiger partial charge in [0.1, 0.15) is 0 Å². The lowest BCUT2D eigenvalue weighted by Gasteiger charge is -1.97. The number of azide groups is 1. The Hall–Kier alpha value is -1.95. The molecule has 0 aliphatic heterocycles. The fourth-order valence-electron chi connectivity index (χ4n) is 1.13. The van der Waals surface area contributed by atoms with Gasteiger partial charge in [0.2, 0.25) is 0 Å². The van der Waals surface area contributed by atoms with Crippen LogP contribution in [0.3, 0.4) is 0 Å². The van der Waals surface area contributed by atoms with E-state index < -0.39 is 0 Å². The summed E-state index contributed by atoms with van der Waals surface area (Å²) in [7, 11) is 0. The van der Waals surface area contributed by atoms with Crippen LogP contribution < -0.4 is 5.73 Å². The molecule has 1 aromatic rings. The molecule has 0 aliphatic rings. The van der Waals surface area contributed by atoms with E-state index in [1.165, 1.54) is 5.56 Å². The third kappa shape index (κ3) is 4.19. The minimum atomic E-state index is 0.209. The van der Waals surface area contributed by atoms with Crippen molar-refractivity contribution in [1.82, 2.24) is 0 Å². The van der Waals surface area contributed by atoms with Crippen LogP contribution in [0.25, 0.3) is 10.4 Å². The highest BCUT2D eigenvalue weighted by Crippen LogP contribution is 2.03. The lowest BCUT2D eigenvalue weighted by molar-refractivity contribution is 0.968. The highest BCUT2D eigenvalue weighted by molar-refractivity contribution is 5.36. The number of rotatable bonds is 3. The topological polar surface area (TPSA) is 74.8 Å². The summed E-state index contributed by atoms with van der Waals surface area (Å²) in [6, 6.07) is 7.89. The SMILES string of the molecule is [N-]=[N+]=NCC#Cc1ccc(CCN)cc1. The second kappa shape index (κ2) is 6.50. The molecule has 0 spiro atoms. The summed E-state index contributed by atoms with van der Waals surface area (Å²) in [5.74, 6) is 5.66. The van der Waals surface area contributed by atoms with Crippen LogP contribution in [0.2, 0.25) is 0 Å². The van der Waals surface area contributed by atoms with Crippen molar-refractivity contribution in [1.29, 1.82) is 0 Å². The quantitative estimate of drug-likeness (QED) is 0.344. The maximum Gasteiger partial charge on any atom is 0.0880 e. The van der Waals surface area contributed by atoms with E-state index in [0.29, 0.717) is 6.54 Å². The van der Waals surface area contributed by atoms with Gasteiger partial charge >= 0.3 is 0 Å². The van der Waals surface area contributed by atoms with Gasteiger partial charge in [-0.05, 0) is 36.2 Å². The summed E-state index contributed by atoms with van der Waals surface area (Å²) in [6.07, 6.45) is 0.881. The molecule has 4 nitrogen and oxygen atoms in total. The van der Waals surface area contributed by atoms with Crippen LogP contribution in [-0.2, 0) is 6.42 Å². The first kappa shape index (κ1) is 11.1. The molecule has 0 saturated carbocycles. The van der Waals surface area contributed by atoms with Gasteiger partial charge in [-0.3, -0.25) is 0 Å². The Morgan fingerprint density at radius 1 is 1.33 bits per heavy atom. The molecule has 2 N–H and O–H groups in total. The normalized spacial score (nSPS) is 8.60. The molecule has 0 radical (unpaired) electrons. The van der Waals surface area contributed by atoms with Crippen LogP contribution in [0.1, 0.15) is 11.1 Å². The van der Waals surface area contributed by atoms with E-state index in [4.69, 9.17) is 11.3 Å². The zero-order chi connectivity index (χ0) is 10.9. The summed E-state index contributed by atoms with van der Waals surface area (Å²) in [5, 5.41) is 3.32. The lowest BCUT2D eigenvalue weighted by atomic mass is 10.1. The Morgan fingerprint density at radius 2 is 2.07 bits per heavy atom. The van der Waals surface area contributed by atoms with Crippen LogP contribution in [0.4, 0.5) is 0 Å². The third-order valence-corrected chi connectivity index (χ3v) is 1.83. The smallest absolute Gasteiger partial charge is 0.0880 e. The standard InChI is InChI=1S/C11H12N4/c12-8-7-11-5-3-10(4-6-11)2-1-9-14-15-13/h3-6H,7-9,12H2. The first-order valence-electron chi connectivity index (χ1n) is 4.65. The van der Waals surface area contributed by atoms with Gasteiger partial charge in [0.15, 0.2) is 0 Å². The molecule has 0 aromatic heterocycles. The second-order valence-corrected chi connectivity index (χ2v) is 2.93. The van der Waals surface area contributed by atoms with Crippen molar-refractivity contribution >= 4 is 0 Å². The Balaban J connectivity index is 2.62. The average molecular weight is 200 g/mol. The van der Waals surface area contributed by atoms with Gasteiger partial charge < -0.3 is 5.73 Å². The van der Waals surface area contributed by atoms with Crippen molar-refractivity contribution in [3.63, 3.8) is 0 Å². The van der Waals surface area contributed by atoms with Gasteiger partial charge in [0.25, 0.3) is 0 Å². The molecular weight excluding hydrogens is 188 g/mol. The van der Waals surface area contributed by atoms with Crippen molar-refractivity contribution in [3.8, 4) is 11.8 Å². The van der Waals surface area contributed by atoms with E-state index >= 15 is 0 Å². The van der Waals surface area contributed by atoms with Crippen LogP contribution in [0.15, 0.2) is 29.4 Å². The van der Waals surface area contributed by atoms with Gasteiger partial charge in [0.05, 0.1) is 6.54 Å². The van der Waals surface area contributed by atoms with Gasteiger partial charge in [0, 0.05) is 10.5 Å². The molecule has 0 amide bonds. The number of hydrogen-bond acceptors (Lipinski definition) is 2. The first-order valence-corrected chi connectivity index (χ1v) is 4.65. The molecular formula is C11H12N4. The van der Waals surface area contributed by atoms with Crippen molar-refractivity contribution in [2.75, 3.05) is 13.1 Å². The highest BCUT2D eigenvalue weighted by atomic mass is 15.1. The maximum absolute atomic E-state index is 8.04. The fraction of sp³-hybridized carbons (Fsp3) is 0.273.